The fourth-order valence-electron chi connectivity index (χ4n) is 3.02. The Morgan fingerprint density at radius 2 is 1.24 bits per heavy atom. The Balaban J connectivity index is 1.84. The molecule has 0 radical (unpaired) electrons. The third-order valence-corrected chi connectivity index (χ3v) is 5.30. The largest absolute Gasteiger partial charge is 0.377 e. The van der Waals surface area contributed by atoms with Crippen LogP contribution in [-0.2, 0) is 34.9 Å². The van der Waals surface area contributed by atoms with Crippen molar-refractivity contribution >= 4 is 0 Å². The maximum atomic E-state index is 6.10. The summed E-state index contributed by atoms with van der Waals surface area (Å²) < 4.78 is 27.8. The minimum absolute atomic E-state index is 0.306. The number of nitrogens with zero attached hydrogens (tertiary/aromatic N) is 2. The van der Waals surface area contributed by atoms with E-state index in [-0.39, 0.29) is 0 Å². The van der Waals surface area contributed by atoms with Gasteiger partial charge >= 0.3 is 0 Å². The van der Waals surface area contributed by atoms with E-state index in [4.69, 9.17) is 30.1 Å². The molecule has 0 saturated heterocycles. The van der Waals surface area contributed by atoms with Gasteiger partial charge in [-0.2, -0.15) is 0 Å². The van der Waals surface area contributed by atoms with E-state index in [0.29, 0.717) is 46.2 Å². The van der Waals surface area contributed by atoms with E-state index < -0.39 is 11.2 Å². The molecule has 7 heteroatoms. The van der Waals surface area contributed by atoms with E-state index in [1.807, 2.05) is 52.0 Å². The lowest BCUT2D eigenvalue weighted by atomic mass is 9.96. The molecule has 0 amide bonds. The van der Waals surface area contributed by atoms with Crippen molar-refractivity contribution in [3.05, 3.63) is 47.8 Å². The highest BCUT2D eigenvalue weighted by molar-refractivity contribution is 5.56. The second-order valence-corrected chi connectivity index (χ2v) is 8.41. The summed E-state index contributed by atoms with van der Waals surface area (Å²) in [5.74, 6) is 2.41. The molecule has 0 saturated carbocycles. The van der Waals surface area contributed by atoms with Gasteiger partial charge in [0.15, 0.2) is 0 Å². The normalized spacial score (nSPS) is 12.0. The van der Waals surface area contributed by atoms with Gasteiger partial charge in [0.05, 0.1) is 62.2 Å². The number of aromatic nitrogens is 2. The molecule has 2 aromatic heterocycles. The Hall–Kier alpha value is -2.34. The molecule has 2 heterocycles. The fraction of sp³-hybridized carbons (Fsp3) is 0.538. The first kappa shape index (κ1) is 26.9. The van der Waals surface area contributed by atoms with E-state index in [9.17, 15) is 0 Å². The summed E-state index contributed by atoms with van der Waals surface area (Å²) in [6.07, 6.45) is 8.67. The summed E-state index contributed by atoms with van der Waals surface area (Å²) in [5.41, 5.74) is 2.73. The number of hydrogen-bond acceptors (Lipinski definition) is 7. The summed E-state index contributed by atoms with van der Waals surface area (Å²) in [6, 6.07) is 7.95. The van der Waals surface area contributed by atoms with Crippen LogP contribution in [0.5, 0.6) is 0 Å². The minimum atomic E-state index is -0.505. The Morgan fingerprint density at radius 3 is 1.76 bits per heavy atom. The van der Waals surface area contributed by atoms with Crippen molar-refractivity contribution in [2.24, 2.45) is 0 Å². The lowest BCUT2D eigenvalue weighted by Crippen LogP contribution is -2.24. The topological polar surface area (TPSA) is 71.9 Å². The summed E-state index contributed by atoms with van der Waals surface area (Å²) in [5, 5.41) is 0. The average molecular weight is 457 g/mol. The Labute approximate surface area is 197 Å². The maximum absolute atomic E-state index is 6.10. The maximum Gasteiger partial charge on any atom is 0.107 e. The van der Waals surface area contributed by atoms with Gasteiger partial charge in [-0.15, -0.1) is 6.42 Å². The van der Waals surface area contributed by atoms with Crippen LogP contribution in [0.4, 0.5) is 0 Å². The highest BCUT2D eigenvalue weighted by Crippen LogP contribution is 2.29. The van der Waals surface area contributed by atoms with Gasteiger partial charge in [-0.1, -0.05) is 5.92 Å². The lowest BCUT2D eigenvalue weighted by Gasteiger charge is -2.26. The molecule has 0 aliphatic carbocycles. The monoisotopic (exact) mass is 456 g/mol. The zero-order chi connectivity index (χ0) is 24.2. The molecule has 0 aromatic carbocycles. The van der Waals surface area contributed by atoms with Crippen molar-refractivity contribution in [2.75, 3.05) is 53.4 Å². The third kappa shape index (κ3) is 8.84. The first-order valence-corrected chi connectivity index (χ1v) is 11.1. The predicted molar refractivity (Wildman–Crippen MR) is 128 cm³/mol. The van der Waals surface area contributed by atoms with Crippen LogP contribution >= 0.6 is 0 Å². The Bertz CT molecular complexity index is 892. The van der Waals surface area contributed by atoms with E-state index in [0.717, 1.165) is 22.5 Å². The number of methoxy groups -OCH3 is 1. The van der Waals surface area contributed by atoms with Gasteiger partial charge in [0, 0.05) is 19.5 Å². The van der Waals surface area contributed by atoms with Crippen molar-refractivity contribution in [1.82, 2.24) is 9.97 Å². The van der Waals surface area contributed by atoms with Crippen molar-refractivity contribution < 1.29 is 23.7 Å². The number of ether oxygens (including phenoxy) is 5. The van der Waals surface area contributed by atoms with Crippen molar-refractivity contribution in [1.29, 1.82) is 0 Å². The first-order valence-electron chi connectivity index (χ1n) is 11.1. The molecule has 0 aliphatic heterocycles. The smallest absolute Gasteiger partial charge is 0.107 e. The molecule has 0 N–H and O–H groups in total. The summed E-state index contributed by atoms with van der Waals surface area (Å²) in [6.45, 7) is 11.3. The van der Waals surface area contributed by atoms with Gasteiger partial charge in [0.1, 0.15) is 6.61 Å². The van der Waals surface area contributed by atoms with Crippen LogP contribution in [0.15, 0.2) is 36.7 Å². The van der Waals surface area contributed by atoms with Crippen molar-refractivity contribution in [2.45, 2.75) is 38.9 Å². The van der Waals surface area contributed by atoms with Crippen LogP contribution in [0.25, 0.3) is 11.4 Å². The molecule has 0 bridgehead atoms. The average Bonchev–Trinajstić information content (AvgIpc) is 2.82. The molecule has 2 rings (SSSR count). The van der Waals surface area contributed by atoms with Gasteiger partial charge < -0.3 is 23.7 Å². The number of pyridine rings is 2. The minimum Gasteiger partial charge on any atom is -0.377 e. The zero-order valence-electron chi connectivity index (χ0n) is 20.4. The number of hydrogen-bond donors (Lipinski definition) is 0. The van der Waals surface area contributed by atoms with E-state index in [2.05, 4.69) is 15.9 Å². The molecular formula is C26H36N2O5. The van der Waals surface area contributed by atoms with Gasteiger partial charge in [0.2, 0.25) is 0 Å². The molecule has 0 aliphatic rings. The number of terminal acetylenes is 1. The van der Waals surface area contributed by atoms with Crippen LogP contribution < -0.4 is 0 Å². The fourth-order valence-corrected chi connectivity index (χ4v) is 3.02. The lowest BCUT2D eigenvalue weighted by molar-refractivity contribution is -0.0569. The first-order chi connectivity index (χ1) is 15.8. The standard InChI is InChI=1S/C26H36N2O5/c1-7-12-30-13-14-31-15-16-32-17-18-33-26(4,5)22-9-11-28-24(20-22)23-19-21(8-10-27-23)25(2,3)29-6/h1,8-11,19-20H,12-18H2,2-6H3. The van der Waals surface area contributed by atoms with Crippen LogP contribution in [0, 0.1) is 12.3 Å². The van der Waals surface area contributed by atoms with E-state index in [1.165, 1.54) is 0 Å². The highest BCUT2D eigenvalue weighted by atomic mass is 16.6. The van der Waals surface area contributed by atoms with Crippen molar-refractivity contribution in [3.63, 3.8) is 0 Å². The summed E-state index contributed by atoms with van der Waals surface area (Å²) in [7, 11) is 1.70. The van der Waals surface area contributed by atoms with Crippen LogP contribution in [-0.4, -0.2) is 63.3 Å². The second-order valence-electron chi connectivity index (χ2n) is 8.41. The van der Waals surface area contributed by atoms with Gasteiger partial charge in [-0.05, 0) is 63.1 Å². The number of rotatable bonds is 15. The van der Waals surface area contributed by atoms with E-state index in [1.54, 1.807) is 19.5 Å². The molecule has 0 fully saturated rings. The Kier molecular flexibility index (Phi) is 10.9. The molecular weight excluding hydrogens is 420 g/mol. The zero-order valence-corrected chi connectivity index (χ0v) is 20.4. The second kappa shape index (κ2) is 13.4. The van der Waals surface area contributed by atoms with Gasteiger partial charge in [0.25, 0.3) is 0 Å². The van der Waals surface area contributed by atoms with E-state index >= 15 is 0 Å². The molecule has 33 heavy (non-hydrogen) atoms. The van der Waals surface area contributed by atoms with Crippen LogP contribution in [0.2, 0.25) is 0 Å². The third-order valence-electron chi connectivity index (χ3n) is 5.30. The van der Waals surface area contributed by atoms with Crippen molar-refractivity contribution in [3.8, 4) is 23.7 Å². The molecule has 7 nitrogen and oxygen atoms in total. The predicted octanol–water partition coefficient (Wildman–Crippen LogP) is 3.96. The van der Waals surface area contributed by atoms with Crippen LogP contribution in [0.3, 0.4) is 0 Å². The van der Waals surface area contributed by atoms with Gasteiger partial charge in [-0.3, -0.25) is 9.97 Å². The SMILES string of the molecule is C#CCOCCOCCOCCOC(C)(C)c1ccnc(-c2cc(C(C)(C)OC)ccn2)c1. The summed E-state index contributed by atoms with van der Waals surface area (Å²) in [4.78, 5) is 9.02. The molecule has 0 spiro atoms. The summed E-state index contributed by atoms with van der Waals surface area (Å²) >= 11 is 0. The molecule has 180 valence electrons. The molecule has 2 aromatic rings. The molecule has 0 unspecified atom stereocenters. The van der Waals surface area contributed by atoms with Crippen LogP contribution in [0.1, 0.15) is 38.8 Å². The molecule has 0 atom stereocenters. The quantitative estimate of drug-likeness (QED) is 0.297. The highest BCUT2D eigenvalue weighted by Gasteiger charge is 2.23. The Morgan fingerprint density at radius 1 is 0.758 bits per heavy atom. The van der Waals surface area contributed by atoms with Gasteiger partial charge in [-0.25, -0.2) is 0 Å².